The normalized spacial score (nSPS) is 24.4. The molecule has 8 nitrogen and oxygen atoms in total. The molecular weight excluding hydrogens is 557 g/mol. The standard InChI is InChI=1S/C26H36ClF3N4O4S/c1-19(26(28,29)30)38-23(35)32-17-25(18-32)4-3-8-33(25)15-20-12-21(27)14-22(13-20)31-9-5-24(6-10-31)7-11-34(16-24)39(2,36)37/h12-14,19H,3-11,15-18H2,1-2H3. The fourth-order valence-corrected chi connectivity index (χ4v) is 7.82. The minimum absolute atomic E-state index is 0.0397. The van der Waals surface area contributed by atoms with E-state index in [0.717, 1.165) is 69.9 Å². The number of hydrogen-bond donors (Lipinski definition) is 0. The van der Waals surface area contributed by atoms with Gasteiger partial charge in [-0.3, -0.25) is 4.90 Å². The summed E-state index contributed by atoms with van der Waals surface area (Å²) in [5.74, 6) is 0. The summed E-state index contributed by atoms with van der Waals surface area (Å²) < 4.78 is 68.6. The van der Waals surface area contributed by atoms with Gasteiger partial charge in [0.15, 0.2) is 6.10 Å². The van der Waals surface area contributed by atoms with Crippen molar-refractivity contribution in [1.29, 1.82) is 0 Å². The zero-order valence-electron chi connectivity index (χ0n) is 22.3. The van der Waals surface area contributed by atoms with Gasteiger partial charge in [-0.05, 0) is 74.8 Å². The number of amides is 1. The number of hydrogen-bond acceptors (Lipinski definition) is 6. The van der Waals surface area contributed by atoms with Gasteiger partial charge in [-0.1, -0.05) is 11.6 Å². The molecule has 39 heavy (non-hydrogen) atoms. The van der Waals surface area contributed by atoms with E-state index >= 15 is 0 Å². The van der Waals surface area contributed by atoms with Crippen LogP contribution in [0.2, 0.25) is 5.02 Å². The molecule has 1 atom stereocenters. The Bertz CT molecular complexity index is 1200. The maximum atomic E-state index is 12.8. The highest BCUT2D eigenvalue weighted by atomic mass is 35.5. The molecule has 218 valence electrons. The van der Waals surface area contributed by atoms with E-state index in [2.05, 4.69) is 20.6 Å². The molecule has 0 N–H and O–H groups in total. The van der Waals surface area contributed by atoms with E-state index in [-0.39, 0.29) is 11.0 Å². The van der Waals surface area contributed by atoms with Crippen molar-refractivity contribution in [2.45, 2.75) is 63.4 Å². The summed E-state index contributed by atoms with van der Waals surface area (Å²) in [6.07, 6.45) is -1.79. The Hall–Kier alpha value is -1.76. The molecule has 4 fully saturated rings. The Morgan fingerprint density at radius 2 is 1.72 bits per heavy atom. The van der Waals surface area contributed by atoms with E-state index in [4.69, 9.17) is 11.6 Å². The van der Waals surface area contributed by atoms with Crippen molar-refractivity contribution in [3.8, 4) is 0 Å². The van der Waals surface area contributed by atoms with Crippen LogP contribution in [0, 0.1) is 5.41 Å². The van der Waals surface area contributed by atoms with Gasteiger partial charge in [-0.25, -0.2) is 17.5 Å². The van der Waals surface area contributed by atoms with Crippen LogP contribution in [0.1, 0.15) is 44.6 Å². The highest BCUT2D eigenvalue weighted by molar-refractivity contribution is 7.88. The third-order valence-corrected chi connectivity index (χ3v) is 10.6. The summed E-state index contributed by atoms with van der Waals surface area (Å²) in [5.41, 5.74) is 1.88. The van der Waals surface area contributed by atoms with Crippen LogP contribution < -0.4 is 4.90 Å². The average molecular weight is 593 g/mol. The Morgan fingerprint density at radius 3 is 2.33 bits per heavy atom. The van der Waals surface area contributed by atoms with E-state index in [1.165, 1.54) is 11.2 Å². The number of carbonyl (C=O) groups is 1. The van der Waals surface area contributed by atoms with Crippen molar-refractivity contribution in [3.05, 3.63) is 28.8 Å². The van der Waals surface area contributed by atoms with E-state index in [9.17, 15) is 26.4 Å². The summed E-state index contributed by atoms with van der Waals surface area (Å²) in [6, 6.07) is 6.05. The van der Waals surface area contributed by atoms with Crippen molar-refractivity contribution < 1.29 is 31.1 Å². The monoisotopic (exact) mass is 592 g/mol. The van der Waals surface area contributed by atoms with E-state index in [1.807, 2.05) is 12.1 Å². The number of benzene rings is 1. The van der Waals surface area contributed by atoms with Crippen LogP contribution in [0.3, 0.4) is 0 Å². The predicted octanol–water partition coefficient (Wildman–Crippen LogP) is 4.33. The Morgan fingerprint density at radius 1 is 1.05 bits per heavy atom. The second-order valence-electron chi connectivity index (χ2n) is 11.8. The van der Waals surface area contributed by atoms with Crippen LogP contribution in [0.15, 0.2) is 18.2 Å². The first-order chi connectivity index (χ1) is 18.2. The number of piperidine rings is 1. The van der Waals surface area contributed by atoms with Gasteiger partial charge in [0, 0.05) is 56.5 Å². The number of sulfonamides is 1. The number of alkyl halides is 3. The molecular formula is C26H36ClF3N4O4S. The summed E-state index contributed by atoms with van der Waals surface area (Å²) >= 11 is 6.53. The molecule has 0 aromatic heterocycles. The molecule has 4 aliphatic heterocycles. The van der Waals surface area contributed by atoms with Crippen molar-refractivity contribution in [3.63, 3.8) is 0 Å². The number of anilines is 1. The lowest BCUT2D eigenvalue weighted by Crippen LogP contribution is -2.69. The maximum Gasteiger partial charge on any atom is 0.425 e. The van der Waals surface area contributed by atoms with E-state index in [0.29, 0.717) is 37.7 Å². The van der Waals surface area contributed by atoms with Crippen LogP contribution in [0.5, 0.6) is 0 Å². The summed E-state index contributed by atoms with van der Waals surface area (Å²) in [6.45, 7) is 5.86. The summed E-state index contributed by atoms with van der Waals surface area (Å²) in [7, 11) is -3.17. The molecule has 1 unspecified atom stereocenters. The van der Waals surface area contributed by atoms with Crippen LogP contribution >= 0.6 is 11.6 Å². The van der Waals surface area contributed by atoms with Gasteiger partial charge in [0.1, 0.15) is 0 Å². The quantitative estimate of drug-likeness (QED) is 0.507. The number of halogens is 4. The van der Waals surface area contributed by atoms with Crippen molar-refractivity contribution in [2.75, 3.05) is 57.0 Å². The van der Waals surface area contributed by atoms with Crippen LogP contribution in [-0.2, 0) is 21.3 Å². The zero-order chi connectivity index (χ0) is 28.2. The van der Waals surface area contributed by atoms with Gasteiger partial charge in [0.25, 0.3) is 0 Å². The van der Waals surface area contributed by atoms with Gasteiger partial charge in [0.05, 0.1) is 11.8 Å². The molecule has 4 saturated heterocycles. The summed E-state index contributed by atoms with van der Waals surface area (Å²) in [4.78, 5) is 18.2. The van der Waals surface area contributed by atoms with Gasteiger partial charge in [-0.15, -0.1) is 0 Å². The highest BCUT2D eigenvalue weighted by Gasteiger charge is 2.53. The number of rotatable bonds is 5. The molecule has 0 radical (unpaired) electrons. The molecule has 4 aliphatic rings. The molecule has 5 rings (SSSR count). The van der Waals surface area contributed by atoms with Crippen molar-refractivity contribution >= 4 is 33.4 Å². The molecule has 1 aromatic carbocycles. The minimum Gasteiger partial charge on any atom is -0.437 e. The molecule has 2 spiro atoms. The third-order valence-electron chi connectivity index (χ3n) is 9.09. The first-order valence-corrected chi connectivity index (χ1v) is 15.7. The molecule has 0 bridgehead atoms. The Kier molecular flexibility index (Phi) is 7.56. The van der Waals surface area contributed by atoms with Gasteiger partial charge >= 0.3 is 12.3 Å². The van der Waals surface area contributed by atoms with Crippen LogP contribution in [0.4, 0.5) is 23.7 Å². The zero-order valence-corrected chi connectivity index (χ0v) is 23.9. The SMILES string of the molecule is CC(OC(=O)N1CC2(CCCN2Cc2cc(Cl)cc(N3CCC4(CC3)CCN(S(C)(=O)=O)C4)c2)C1)C(F)(F)F. The Balaban J connectivity index is 1.19. The van der Waals surface area contributed by atoms with Gasteiger partial charge < -0.3 is 14.5 Å². The third kappa shape index (κ3) is 5.99. The first-order valence-electron chi connectivity index (χ1n) is 13.5. The topological polar surface area (TPSA) is 73.4 Å². The Labute approximate surface area is 233 Å². The summed E-state index contributed by atoms with van der Waals surface area (Å²) in [5, 5.41) is 0.639. The smallest absolute Gasteiger partial charge is 0.425 e. The van der Waals surface area contributed by atoms with Crippen LogP contribution in [-0.4, -0.2) is 98.5 Å². The maximum absolute atomic E-state index is 12.8. The van der Waals surface area contributed by atoms with Gasteiger partial charge in [0.2, 0.25) is 10.0 Å². The van der Waals surface area contributed by atoms with Crippen molar-refractivity contribution in [1.82, 2.24) is 14.1 Å². The first kappa shape index (κ1) is 28.8. The fraction of sp³-hybridized carbons (Fsp3) is 0.731. The number of ether oxygens (including phenoxy) is 1. The van der Waals surface area contributed by atoms with Gasteiger partial charge in [-0.2, -0.15) is 13.2 Å². The molecule has 1 aromatic rings. The van der Waals surface area contributed by atoms with Crippen LogP contribution in [0.25, 0.3) is 0 Å². The molecule has 0 aliphatic carbocycles. The average Bonchev–Trinajstić information content (AvgIpc) is 3.42. The largest absolute Gasteiger partial charge is 0.437 e. The number of nitrogens with zero attached hydrogens (tertiary/aromatic N) is 4. The second-order valence-corrected chi connectivity index (χ2v) is 14.2. The van der Waals surface area contributed by atoms with E-state index in [1.54, 1.807) is 4.31 Å². The molecule has 1 amide bonds. The lowest BCUT2D eigenvalue weighted by atomic mass is 9.78. The lowest BCUT2D eigenvalue weighted by molar-refractivity contribution is -0.202. The van der Waals surface area contributed by atoms with Crippen molar-refractivity contribution in [2.24, 2.45) is 5.41 Å². The molecule has 0 saturated carbocycles. The fourth-order valence-electron chi connectivity index (χ4n) is 6.64. The van der Waals surface area contributed by atoms with E-state index < -0.39 is 28.4 Å². The molecule has 13 heteroatoms. The molecule has 4 heterocycles. The number of likely N-dealkylation sites (tertiary alicyclic amines) is 2. The second kappa shape index (κ2) is 10.3. The predicted molar refractivity (Wildman–Crippen MR) is 142 cm³/mol. The lowest BCUT2D eigenvalue weighted by Gasteiger charge is -2.52. The highest BCUT2D eigenvalue weighted by Crippen LogP contribution is 2.43. The minimum atomic E-state index is -4.58. The number of carbonyl (C=O) groups excluding carboxylic acids is 1.